The largest absolute Gasteiger partial charge is 0.365 e. The molecule has 2 atom stereocenters. The summed E-state index contributed by atoms with van der Waals surface area (Å²) in [7, 11) is 0. The third kappa shape index (κ3) is 4.10. The maximum Gasteiger partial charge on any atom is 0.288 e. The Morgan fingerprint density at radius 3 is 2.67 bits per heavy atom. The number of thioether (sulfide) groups is 1. The van der Waals surface area contributed by atoms with Crippen LogP contribution in [-0.4, -0.2) is 30.9 Å². The summed E-state index contributed by atoms with van der Waals surface area (Å²) in [6, 6.07) is 8.30. The molecule has 1 aliphatic heterocycles. The molecular formula is C16H24F2N2S. The number of hydrogen-bond donors (Lipinski definition) is 1. The first kappa shape index (κ1) is 16.6. The second kappa shape index (κ2) is 7.45. The van der Waals surface area contributed by atoms with Crippen molar-refractivity contribution in [3.05, 3.63) is 24.3 Å². The van der Waals surface area contributed by atoms with Crippen LogP contribution in [0.1, 0.15) is 27.2 Å². The lowest BCUT2D eigenvalue weighted by Crippen LogP contribution is -2.58. The zero-order valence-electron chi connectivity index (χ0n) is 12.9. The zero-order chi connectivity index (χ0) is 15.4. The third-order valence-electron chi connectivity index (χ3n) is 4.09. The highest BCUT2D eigenvalue weighted by Gasteiger charge is 2.30. The van der Waals surface area contributed by atoms with Gasteiger partial charge < -0.3 is 10.2 Å². The molecular weight excluding hydrogens is 290 g/mol. The fourth-order valence-corrected chi connectivity index (χ4v) is 3.53. The summed E-state index contributed by atoms with van der Waals surface area (Å²) in [5.41, 5.74) is 0.946. The Morgan fingerprint density at radius 2 is 2.05 bits per heavy atom. The van der Waals surface area contributed by atoms with Crippen molar-refractivity contribution in [3.63, 3.8) is 0 Å². The van der Waals surface area contributed by atoms with Crippen LogP contribution in [0.15, 0.2) is 29.2 Å². The van der Waals surface area contributed by atoms with Crippen molar-refractivity contribution in [2.45, 2.75) is 49.9 Å². The molecule has 0 spiro atoms. The number of hydrogen-bond acceptors (Lipinski definition) is 3. The Bertz CT molecular complexity index is 454. The van der Waals surface area contributed by atoms with Crippen molar-refractivity contribution in [1.82, 2.24) is 5.32 Å². The van der Waals surface area contributed by atoms with E-state index in [1.165, 1.54) is 0 Å². The van der Waals surface area contributed by atoms with E-state index in [-0.39, 0.29) is 0 Å². The maximum absolute atomic E-state index is 12.8. The lowest BCUT2D eigenvalue weighted by atomic mass is 9.97. The summed E-state index contributed by atoms with van der Waals surface area (Å²) in [5.74, 6) is -1.91. The third-order valence-corrected chi connectivity index (χ3v) is 4.86. The van der Waals surface area contributed by atoms with Crippen LogP contribution in [0.4, 0.5) is 14.5 Å². The van der Waals surface area contributed by atoms with Crippen molar-refractivity contribution in [1.29, 1.82) is 0 Å². The molecule has 0 bridgehead atoms. The molecule has 1 heterocycles. The molecule has 2 unspecified atom stereocenters. The molecule has 0 saturated carbocycles. The van der Waals surface area contributed by atoms with E-state index in [9.17, 15) is 8.78 Å². The molecule has 1 aromatic carbocycles. The van der Waals surface area contributed by atoms with E-state index in [1.807, 2.05) is 18.2 Å². The van der Waals surface area contributed by atoms with Gasteiger partial charge in [-0.3, -0.25) is 0 Å². The molecule has 1 N–H and O–H groups in total. The molecule has 2 rings (SSSR count). The van der Waals surface area contributed by atoms with Gasteiger partial charge in [-0.05, 0) is 24.5 Å². The van der Waals surface area contributed by atoms with Crippen LogP contribution in [0.3, 0.4) is 0 Å². The molecule has 0 aliphatic carbocycles. The summed E-state index contributed by atoms with van der Waals surface area (Å²) in [6.45, 7) is 8.32. The highest BCUT2D eigenvalue weighted by molar-refractivity contribution is 7.99. The number of alkyl halides is 2. The maximum atomic E-state index is 12.8. The van der Waals surface area contributed by atoms with E-state index in [2.05, 4.69) is 31.0 Å². The van der Waals surface area contributed by atoms with Crippen LogP contribution >= 0.6 is 11.8 Å². The summed E-state index contributed by atoms with van der Waals surface area (Å²) in [5, 5.41) is 3.56. The number of halogens is 2. The van der Waals surface area contributed by atoms with E-state index < -0.39 is 5.76 Å². The molecule has 1 fully saturated rings. The van der Waals surface area contributed by atoms with Gasteiger partial charge in [-0.2, -0.15) is 8.78 Å². The highest BCUT2D eigenvalue weighted by atomic mass is 32.2. The number of benzene rings is 1. The predicted octanol–water partition coefficient (Wildman–Crippen LogP) is 4.21. The van der Waals surface area contributed by atoms with Crippen LogP contribution in [0, 0.1) is 5.92 Å². The van der Waals surface area contributed by atoms with Crippen LogP contribution in [0.2, 0.25) is 0 Å². The van der Waals surface area contributed by atoms with Crippen LogP contribution in [0.25, 0.3) is 0 Å². The van der Waals surface area contributed by atoms with Crippen molar-refractivity contribution in [2.75, 3.05) is 18.0 Å². The molecule has 1 saturated heterocycles. The van der Waals surface area contributed by atoms with Crippen LogP contribution < -0.4 is 10.2 Å². The normalized spacial score (nSPS) is 23.1. The van der Waals surface area contributed by atoms with E-state index >= 15 is 0 Å². The van der Waals surface area contributed by atoms with Crippen molar-refractivity contribution < 1.29 is 8.78 Å². The number of rotatable bonds is 5. The van der Waals surface area contributed by atoms with Crippen LogP contribution in [-0.2, 0) is 0 Å². The summed E-state index contributed by atoms with van der Waals surface area (Å²) >= 11 is 0.646. The Hall–Kier alpha value is -0.810. The smallest absolute Gasteiger partial charge is 0.288 e. The quantitative estimate of drug-likeness (QED) is 0.820. The van der Waals surface area contributed by atoms with E-state index in [0.717, 1.165) is 25.2 Å². The second-order valence-electron chi connectivity index (χ2n) is 5.82. The summed E-state index contributed by atoms with van der Waals surface area (Å²) in [6.07, 6.45) is 1.05. The van der Waals surface area contributed by atoms with Gasteiger partial charge in [0, 0.05) is 30.1 Å². The Kier molecular flexibility index (Phi) is 5.88. The Morgan fingerprint density at radius 1 is 1.33 bits per heavy atom. The van der Waals surface area contributed by atoms with Gasteiger partial charge in [0.15, 0.2) is 0 Å². The Labute approximate surface area is 130 Å². The van der Waals surface area contributed by atoms with Gasteiger partial charge in [0.05, 0.1) is 5.69 Å². The van der Waals surface area contributed by atoms with E-state index in [1.54, 1.807) is 6.07 Å². The predicted molar refractivity (Wildman–Crippen MR) is 86.4 cm³/mol. The number of piperazine rings is 1. The molecule has 5 heteroatoms. The molecule has 1 aliphatic rings. The number of nitrogens with one attached hydrogen (secondary N) is 1. The van der Waals surface area contributed by atoms with Crippen molar-refractivity contribution in [2.24, 2.45) is 5.92 Å². The summed E-state index contributed by atoms with van der Waals surface area (Å²) < 4.78 is 25.6. The number of nitrogens with zero attached hydrogens (tertiary/aromatic N) is 1. The van der Waals surface area contributed by atoms with E-state index in [4.69, 9.17) is 0 Å². The van der Waals surface area contributed by atoms with Gasteiger partial charge in [-0.15, -0.1) is 0 Å². The van der Waals surface area contributed by atoms with Gasteiger partial charge in [-0.1, -0.05) is 44.7 Å². The van der Waals surface area contributed by atoms with Gasteiger partial charge in [-0.25, -0.2) is 0 Å². The van der Waals surface area contributed by atoms with Crippen molar-refractivity contribution in [3.8, 4) is 0 Å². The average molecular weight is 314 g/mol. The summed E-state index contributed by atoms with van der Waals surface area (Å²) in [4.78, 5) is 3.00. The molecule has 118 valence electrons. The molecule has 21 heavy (non-hydrogen) atoms. The molecule has 2 nitrogen and oxygen atoms in total. The van der Waals surface area contributed by atoms with Gasteiger partial charge in [0.2, 0.25) is 0 Å². The van der Waals surface area contributed by atoms with Gasteiger partial charge >= 0.3 is 0 Å². The topological polar surface area (TPSA) is 15.3 Å². The Balaban J connectivity index is 2.31. The standard InChI is InChI=1S/C16H24F2N2S/c1-4-12-10-20(14(9-19-12)11(2)3)13-7-5-6-8-15(13)21-16(17)18/h5-8,11-12,14,16,19H,4,9-10H2,1-3H3. The monoisotopic (exact) mass is 314 g/mol. The minimum Gasteiger partial charge on any atom is -0.365 e. The second-order valence-corrected chi connectivity index (χ2v) is 6.86. The first-order valence-corrected chi connectivity index (χ1v) is 8.44. The lowest BCUT2D eigenvalue weighted by molar-refractivity contribution is 0.252. The fraction of sp³-hybridized carbons (Fsp3) is 0.625. The van der Waals surface area contributed by atoms with Gasteiger partial charge in [0.1, 0.15) is 0 Å². The molecule has 1 aromatic rings. The number of anilines is 1. The lowest BCUT2D eigenvalue weighted by Gasteiger charge is -2.44. The molecule has 0 radical (unpaired) electrons. The minimum atomic E-state index is -2.38. The fourth-order valence-electron chi connectivity index (χ4n) is 2.87. The minimum absolute atomic E-state index is 0.340. The first-order valence-electron chi connectivity index (χ1n) is 7.56. The molecule has 0 amide bonds. The average Bonchev–Trinajstić information content (AvgIpc) is 2.46. The zero-order valence-corrected chi connectivity index (χ0v) is 13.7. The number of para-hydroxylation sites is 1. The first-order chi connectivity index (χ1) is 10.0. The SMILES string of the molecule is CCC1CN(c2ccccc2SC(F)F)C(C(C)C)CN1. The van der Waals surface area contributed by atoms with E-state index in [0.29, 0.717) is 34.7 Å². The van der Waals surface area contributed by atoms with Crippen LogP contribution in [0.5, 0.6) is 0 Å². The van der Waals surface area contributed by atoms with Crippen molar-refractivity contribution >= 4 is 17.4 Å². The molecule has 0 aromatic heterocycles. The highest BCUT2D eigenvalue weighted by Crippen LogP contribution is 2.36. The van der Waals surface area contributed by atoms with Gasteiger partial charge in [0.25, 0.3) is 5.76 Å².